The highest BCUT2D eigenvalue weighted by molar-refractivity contribution is 7.89. The number of nitrogens with one attached hydrogen (secondary N) is 1. The van der Waals surface area contributed by atoms with E-state index < -0.39 is 16.1 Å². The Balaban J connectivity index is 1.58. The molecule has 2 saturated heterocycles. The van der Waals surface area contributed by atoms with Crippen LogP contribution in [0.3, 0.4) is 0 Å². The number of ether oxygens (including phenoxy) is 1. The van der Waals surface area contributed by atoms with Crippen molar-refractivity contribution in [1.82, 2.24) is 9.29 Å². The summed E-state index contributed by atoms with van der Waals surface area (Å²) in [5, 5.41) is 3.23. The largest absolute Gasteiger partial charge is 0.368 e. The molecule has 2 aromatic rings. The predicted octanol–water partition coefficient (Wildman–Crippen LogP) is 2.20. The smallest absolute Gasteiger partial charge is 0.255 e. The van der Waals surface area contributed by atoms with Crippen LogP contribution in [0.4, 0.5) is 5.13 Å². The molecule has 9 heteroatoms. The molecule has 0 saturated carbocycles. The maximum absolute atomic E-state index is 12.7. The van der Waals surface area contributed by atoms with Crippen molar-refractivity contribution < 1.29 is 17.9 Å². The monoisotopic (exact) mass is 381 g/mol. The van der Waals surface area contributed by atoms with Crippen molar-refractivity contribution in [2.75, 3.05) is 25.0 Å². The minimum Gasteiger partial charge on any atom is -0.368 e. The first-order chi connectivity index (χ1) is 12.0. The van der Waals surface area contributed by atoms with E-state index in [1.165, 1.54) is 15.6 Å². The quantitative estimate of drug-likeness (QED) is 0.877. The van der Waals surface area contributed by atoms with Gasteiger partial charge < -0.3 is 4.74 Å². The summed E-state index contributed by atoms with van der Waals surface area (Å²) in [5.74, 6) is -0.193. The van der Waals surface area contributed by atoms with Crippen LogP contribution in [-0.2, 0) is 19.6 Å². The highest BCUT2D eigenvalue weighted by Gasteiger charge is 2.28. The highest BCUT2D eigenvalue weighted by atomic mass is 32.2. The summed E-state index contributed by atoms with van der Waals surface area (Å²) >= 11 is 1.28. The van der Waals surface area contributed by atoms with Gasteiger partial charge in [0.2, 0.25) is 10.0 Å². The fraction of sp³-hybridized carbons (Fsp3) is 0.500. The van der Waals surface area contributed by atoms with Crippen molar-refractivity contribution in [1.29, 1.82) is 0 Å². The number of sulfonamides is 1. The van der Waals surface area contributed by atoms with E-state index in [4.69, 9.17) is 4.74 Å². The third-order valence-electron chi connectivity index (χ3n) is 4.51. The lowest BCUT2D eigenvalue weighted by Gasteiger charge is -2.15. The molecule has 3 heterocycles. The van der Waals surface area contributed by atoms with Crippen LogP contribution >= 0.6 is 11.3 Å². The van der Waals surface area contributed by atoms with E-state index in [1.54, 1.807) is 18.2 Å². The molecular weight excluding hydrogens is 362 g/mol. The van der Waals surface area contributed by atoms with Crippen LogP contribution < -0.4 is 5.32 Å². The van der Waals surface area contributed by atoms with Gasteiger partial charge >= 0.3 is 0 Å². The van der Waals surface area contributed by atoms with Gasteiger partial charge in [-0.05, 0) is 43.9 Å². The molecule has 2 fully saturated rings. The Kier molecular flexibility index (Phi) is 4.48. The molecule has 0 unspecified atom stereocenters. The SMILES string of the molecule is O=C(Nc1nc2ccc(S(=O)(=O)N3CCCC3)cc2s1)[C@H]1CCCO1. The second-order valence-electron chi connectivity index (χ2n) is 6.25. The summed E-state index contributed by atoms with van der Waals surface area (Å²) in [6.45, 7) is 1.76. The van der Waals surface area contributed by atoms with E-state index in [2.05, 4.69) is 10.3 Å². The highest BCUT2D eigenvalue weighted by Crippen LogP contribution is 2.30. The predicted molar refractivity (Wildman–Crippen MR) is 95.2 cm³/mol. The van der Waals surface area contributed by atoms with E-state index in [-0.39, 0.29) is 10.8 Å². The van der Waals surface area contributed by atoms with Gasteiger partial charge in [0.15, 0.2) is 5.13 Å². The van der Waals surface area contributed by atoms with Crippen LogP contribution in [-0.4, -0.2) is 49.4 Å². The molecule has 7 nitrogen and oxygen atoms in total. The number of hydrogen-bond donors (Lipinski definition) is 1. The third-order valence-corrected chi connectivity index (χ3v) is 7.34. The van der Waals surface area contributed by atoms with Crippen molar-refractivity contribution in [3.05, 3.63) is 18.2 Å². The minimum atomic E-state index is -3.45. The fourth-order valence-electron chi connectivity index (χ4n) is 3.17. The molecule has 1 aromatic carbocycles. The Bertz CT molecular complexity index is 897. The van der Waals surface area contributed by atoms with Gasteiger partial charge in [-0.3, -0.25) is 10.1 Å². The molecule has 1 amide bonds. The number of thiazole rings is 1. The molecule has 0 bridgehead atoms. The molecule has 0 spiro atoms. The zero-order chi connectivity index (χ0) is 17.4. The van der Waals surface area contributed by atoms with Crippen LogP contribution in [0, 0.1) is 0 Å². The molecule has 1 atom stereocenters. The summed E-state index contributed by atoms with van der Waals surface area (Å²) < 4.78 is 32.9. The number of anilines is 1. The second kappa shape index (κ2) is 6.64. The third kappa shape index (κ3) is 3.29. The topological polar surface area (TPSA) is 88.6 Å². The summed E-state index contributed by atoms with van der Waals surface area (Å²) in [4.78, 5) is 16.8. The van der Waals surface area contributed by atoms with Crippen LogP contribution in [0.5, 0.6) is 0 Å². The fourth-order valence-corrected chi connectivity index (χ4v) is 5.69. The number of hydrogen-bond acceptors (Lipinski definition) is 6. The molecular formula is C16H19N3O4S2. The minimum absolute atomic E-state index is 0.193. The zero-order valence-electron chi connectivity index (χ0n) is 13.6. The number of aromatic nitrogens is 1. The summed E-state index contributed by atoms with van der Waals surface area (Å²) in [6, 6.07) is 4.92. The number of rotatable bonds is 4. The lowest BCUT2D eigenvalue weighted by molar-refractivity contribution is -0.124. The Hall–Kier alpha value is -1.55. The molecule has 0 aliphatic carbocycles. The number of carbonyl (C=O) groups excluding carboxylic acids is 1. The number of fused-ring (bicyclic) bond motifs is 1. The first-order valence-corrected chi connectivity index (χ1v) is 10.6. The van der Waals surface area contributed by atoms with Crippen LogP contribution in [0.15, 0.2) is 23.1 Å². The number of benzene rings is 1. The van der Waals surface area contributed by atoms with Gasteiger partial charge in [-0.25, -0.2) is 13.4 Å². The Morgan fingerprint density at radius 3 is 2.80 bits per heavy atom. The average molecular weight is 381 g/mol. The van der Waals surface area contributed by atoms with Crippen molar-refractivity contribution in [3.63, 3.8) is 0 Å². The van der Waals surface area contributed by atoms with Gasteiger partial charge in [0.1, 0.15) is 6.10 Å². The van der Waals surface area contributed by atoms with Gasteiger partial charge in [0.05, 0.1) is 15.1 Å². The molecule has 1 N–H and O–H groups in total. The van der Waals surface area contributed by atoms with Crippen molar-refractivity contribution in [3.8, 4) is 0 Å². The number of carbonyl (C=O) groups is 1. The molecule has 2 aliphatic rings. The summed E-state index contributed by atoms with van der Waals surface area (Å²) in [7, 11) is -3.45. The maximum atomic E-state index is 12.7. The van der Waals surface area contributed by atoms with Crippen molar-refractivity contribution in [2.45, 2.75) is 36.7 Å². The van der Waals surface area contributed by atoms with Crippen LogP contribution in [0.2, 0.25) is 0 Å². The second-order valence-corrected chi connectivity index (χ2v) is 9.22. The first-order valence-electron chi connectivity index (χ1n) is 8.37. The summed E-state index contributed by atoms with van der Waals surface area (Å²) in [5.41, 5.74) is 0.674. The zero-order valence-corrected chi connectivity index (χ0v) is 15.2. The molecule has 134 valence electrons. The van der Waals surface area contributed by atoms with Gasteiger partial charge in [-0.1, -0.05) is 11.3 Å². The van der Waals surface area contributed by atoms with E-state index >= 15 is 0 Å². The standard InChI is InChI=1S/C16H19N3O4S2/c20-15(13-4-3-9-23-13)18-16-17-12-6-5-11(10-14(12)24-16)25(21,22)19-7-1-2-8-19/h5-6,10,13H,1-4,7-9H2,(H,17,18,20)/t13-/m1/s1. The lowest BCUT2D eigenvalue weighted by Crippen LogP contribution is -2.27. The van der Waals surface area contributed by atoms with Gasteiger partial charge in [-0.2, -0.15) is 4.31 Å². The Morgan fingerprint density at radius 2 is 2.08 bits per heavy atom. The Morgan fingerprint density at radius 1 is 1.28 bits per heavy atom. The van der Waals surface area contributed by atoms with Crippen molar-refractivity contribution >= 4 is 42.6 Å². The maximum Gasteiger partial charge on any atom is 0.255 e. The molecule has 2 aliphatic heterocycles. The van der Waals surface area contributed by atoms with E-state index in [0.29, 0.717) is 30.3 Å². The van der Waals surface area contributed by atoms with E-state index in [9.17, 15) is 13.2 Å². The number of amides is 1. The van der Waals surface area contributed by atoms with E-state index in [0.717, 1.165) is 30.4 Å². The molecule has 25 heavy (non-hydrogen) atoms. The van der Waals surface area contributed by atoms with Gasteiger partial charge in [0, 0.05) is 19.7 Å². The van der Waals surface area contributed by atoms with Crippen LogP contribution in [0.1, 0.15) is 25.7 Å². The van der Waals surface area contributed by atoms with Gasteiger partial charge in [-0.15, -0.1) is 0 Å². The van der Waals surface area contributed by atoms with Crippen molar-refractivity contribution in [2.24, 2.45) is 0 Å². The number of nitrogens with zero attached hydrogens (tertiary/aromatic N) is 2. The Labute approximate surface area is 150 Å². The summed E-state index contributed by atoms with van der Waals surface area (Å²) in [6.07, 6.45) is 2.99. The normalized spacial score (nSPS) is 21.8. The molecule has 4 rings (SSSR count). The van der Waals surface area contributed by atoms with Crippen LogP contribution in [0.25, 0.3) is 10.2 Å². The first kappa shape index (κ1) is 16.9. The lowest BCUT2D eigenvalue weighted by atomic mass is 10.2. The van der Waals surface area contributed by atoms with E-state index in [1.807, 2.05) is 0 Å². The van der Waals surface area contributed by atoms with Gasteiger partial charge in [0.25, 0.3) is 5.91 Å². The average Bonchev–Trinajstić information content (AvgIpc) is 3.33. The molecule has 1 aromatic heterocycles. The molecule has 0 radical (unpaired) electrons.